The Labute approximate surface area is 199 Å². The minimum Gasteiger partial charge on any atom is -0.345 e. The number of amides is 1. The summed E-state index contributed by atoms with van der Waals surface area (Å²) in [5.74, 6) is -3.31. The average Bonchev–Trinajstić information content (AvgIpc) is 3.22. The van der Waals surface area contributed by atoms with Crippen LogP contribution in [0.15, 0.2) is 54.9 Å². The summed E-state index contributed by atoms with van der Waals surface area (Å²) in [6.07, 6.45) is 3.31. The molecular formula is C23H19ClF2N4O3S. The predicted molar refractivity (Wildman–Crippen MR) is 129 cm³/mol. The zero-order valence-electron chi connectivity index (χ0n) is 17.8. The molecule has 34 heavy (non-hydrogen) atoms. The topological polar surface area (TPSA) is 104 Å². The van der Waals surface area contributed by atoms with Gasteiger partial charge < -0.3 is 10.3 Å². The normalized spacial score (nSPS) is 11.5. The van der Waals surface area contributed by atoms with Gasteiger partial charge in [-0.3, -0.25) is 9.52 Å². The van der Waals surface area contributed by atoms with Crippen LogP contribution in [0, 0.1) is 11.6 Å². The van der Waals surface area contributed by atoms with E-state index in [1.54, 1.807) is 43.5 Å². The third-order valence-corrected chi connectivity index (χ3v) is 6.75. The van der Waals surface area contributed by atoms with Crippen molar-refractivity contribution in [2.45, 2.75) is 13.3 Å². The number of nitrogens with one attached hydrogen (secondary N) is 3. The molecule has 0 aliphatic rings. The monoisotopic (exact) mass is 504 g/mol. The molecule has 2 aromatic heterocycles. The van der Waals surface area contributed by atoms with Crippen molar-refractivity contribution in [2.75, 3.05) is 15.8 Å². The maximum absolute atomic E-state index is 14.9. The fourth-order valence-corrected chi connectivity index (χ4v) is 4.66. The highest BCUT2D eigenvalue weighted by Gasteiger charge is 2.21. The standard InChI is InChI=1S/C23H19ClF2N4O3S/c1-2-9-34(32,33)30-19-8-7-18(25)21(20(19)26)29-23(31)17-12-28-22-16(17)10-14(11-27-22)13-3-5-15(24)6-4-13/h3-8,10-12,30H,2,9H2,1H3,(H,27,28)(H,29,31). The molecule has 4 aromatic rings. The van der Waals surface area contributed by atoms with Crippen molar-refractivity contribution < 1.29 is 22.0 Å². The maximum Gasteiger partial charge on any atom is 0.258 e. The van der Waals surface area contributed by atoms with Gasteiger partial charge in [0.15, 0.2) is 5.82 Å². The fourth-order valence-electron chi connectivity index (χ4n) is 3.41. The molecule has 0 saturated heterocycles. The van der Waals surface area contributed by atoms with E-state index in [2.05, 4.69) is 20.0 Å². The van der Waals surface area contributed by atoms with Gasteiger partial charge in [-0.2, -0.15) is 0 Å². The highest BCUT2D eigenvalue weighted by atomic mass is 35.5. The molecule has 4 rings (SSSR count). The molecule has 1 amide bonds. The van der Waals surface area contributed by atoms with Crippen LogP contribution in [0.2, 0.25) is 5.02 Å². The molecule has 0 aliphatic heterocycles. The van der Waals surface area contributed by atoms with Gasteiger partial charge in [-0.05, 0) is 42.3 Å². The zero-order chi connectivity index (χ0) is 24.5. The zero-order valence-corrected chi connectivity index (χ0v) is 19.4. The van der Waals surface area contributed by atoms with E-state index in [0.29, 0.717) is 28.0 Å². The number of anilines is 2. The molecule has 176 valence electrons. The van der Waals surface area contributed by atoms with E-state index in [4.69, 9.17) is 11.6 Å². The average molecular weight is 505 g/mol. The lowest BCUT2D eigenvalue weighted by Crippen LogP contribution is -2.19. The first kappa shape index (κ1) is 23.7. The van der Waals surface area contributed by atoms with Crippen molar-refractivity contribution in [3.05, 3.63) is 77.1 Å². The largest absolute Gasteiger partial charge is 0.345 e. The van der Waals surface area contributed by atoms with E-state index in [9.17, 15) is 22.0 Å². The number of aromatic amines is 1. The predicted octanol–water partition coefficient (Wildman–Crippen LogP) is 5.57. The number of nitrogens with zero attached hydrogens (tertiary/aromatic N) is 1. The summed E-state index contributed by atoms with van der Waals surface area (Å²) in [7, 11) is -3.82. The van der Waals surface area contributed by atoms with Crippen LogP contribution in [0.5, 0.6) is 0 Å². The van der Waals surface area contributed by atoms with Crippen LogP contribution < -0.4 is 10.0 Å². The van der Waals surface area contributed by atoms with Gasteiger partial charge in [0.1, 0.15) is 17.2 Å². The number of carbonyl (C=O) groups excluding carboxylic acids is 1. The molecule has 0 bridgehead atoms. The molecule has 0 unspecified atom stereocenters. The van der Waals surface area contributed by atoms with Crippen molar-refractivity contribution in [2.24, 2.45) is 0 Å². The van der Waals surface area contributed by atoms with E-state index in [0.717, 1.165) is 17.7 Å². The Morgan fingerprint density at radius 1 is 1.12 bits per heavy atom. The number of rotatable bonds is 7. The van der Waals surface area contributed by atoms with E-state index < -0.39 is 38.9 Å². The van der Waals surface area contributed by atoms with Gasteiger partial charge in [0, 0.05) is 28.4 Å². The Hall–Kier alpha value is -3.50. The van der Waals surface area contributed by atoms with Crippen molar-refractivity contribution in [3.63, 3.8) is 0 Å². The van der Waals surface area contributed by atoms with Crippen molar-refractivity contribution >= 4 is 49.9 Å². The molecule has 11 heteroatoms. The minimum atomic E-state index is -3.82. The first-order valence-corrected chi connectivity index (χ1v) is 12.2. The number of carbonyl (C=O) groups is 1. The molecule has 2 aromatic carbocycles. The highest BCUT2D eigenvalue weighted by Crippen LogP contribution is 2.29. The molecule has 2 heterocycles. The van der Waals surface area contributed by atoms with Crippen LogP contribution in [0.25, 0.3) is 22.2 Å². The van der Waals surface area contributed by atoms with Crippen molar-refractivity contribution in [1.82, 2.24) is 9.97 Å². The Balaban J connectivity index is 1.66. The summed E-state index contributed by atoms with van der Waals surface area (Å²) in [6.45, 7) is 1.65. The molecule has 3 N–H and O–H groups in total. The summed E-state index contributed by atoms with van der Waals surface area (Å²) in [4.78, 5) is 20.1. The second-order valence-electron chi connectivity index (χ2n) is 7.49. The number of hydrogen-bond donors (Lipinski definition) is 3. The molecule has 0 saturated carbocycles. The van der Waals surface area contributed by atoms with E-state index >= 15 is 0 Å². The Morgan fingerprint density at radius 3 is 2.56 bits per heavy atom. The van der Waals surface area contributed by atoms with Crippen LogP contribution in [0.3, 0.4) is 0 Å². The number of pyridine rings is 1. The van der Waals surface area contributed by atoms with Crippen LogP contribution in [-0.2, 0) is 10.0 Å². The molecule has 7 nitrogen and oxygen atoms in total. The molecule has 0 fully saturated rings. The lowest BCUT2D eigenvalue weighted by molar-refractivity contribution is 0.102. The van der Waals surface area contributed by atoms with Crippen molar-refractivity contribution in [1.29, 1.82) is 0 Å². The van der Waals surface area contributed by atoms with E-state index in [1.807, 2.05) is 0 Å². The van der Waals surface area contributed by atoms with Gasteiger partial charge in [0.2, 0.25) is 10.0 Å². The first-order valence-electron chi connectivity index (χ1n) is 10.2. The summed E-state index contributed by atoms with van der Waals surface area (Å²) in [5, 5.41) is 3.22. The summed E-state index contributed by atoms with van der Waals surface area (Å²) < 4.78 is 55.4. The number of fused-ring (bicyclic) bond motifs is 1. The summed E-state index contributed by atoms with van der Waals surface area (Å²) >= 11 is 5.94. The lowest BCUT2D eigenvalue weighted by atomic mass is 10.1. The fraction of sp³-hybridized carbons (Fsp3) is 0.130. The summed E-state index contributed by atoms with van der Waals surface area (Å²) in [5.41, 5.74) is 0.811. The Bertz CT molecular complexity index is 1490. The number of hydrogen-bond acceptors (Lipinski definition) is 4. The second-order valence-corrected chi connectivity index (χ2v) is 9.77. The second kappa shape index (κ2) is 9.40. The quantitative estimate of drug-likeness (QED) is 0.306. The highest BCUT2D eigenvalue weighted by molar-refractivity contribution is 7.92. The maximum atomic E-state index is 14.9. The van der Waals surface area contributed by atoms with Crippen LogP contribution >= 0.6 is 11.6 Å². The van der Waals surface area contributed by atoms with E-state index in [1.165, 1.54) is 6.20 Å². The summed E-state index contributed by atoms with van der Waals surface area (Å²) in [6, 6.07) is 10.6. The molecule has 0 atom stereocenters. The van der Waals surface area contributed by atoms with Gasteiger partial charge in [0.25, 0.3) is 5.91 Å². The number of benzene rings is 2. The first-order chi connectivity index (χ1) is 16.2. The molecule has 0 aliphatic carbocycles. The number of sulfonamides is 1. The van der Waals surface area contributed by atoms with Gasteiger partial charge >= 0.3 is 0 Å². The van der Waals surface area contributed by atoms with Gasteiger partial charge in [-0.25, -0.2) is 22.2 Å². The number of aromatic nitrogens is 2. The Morgan fingerprint density at radius 2 is 1.85 bits per heavy atom. The van der Waals surface area contributed by atoms with Gasteiger partial charge in [-0.15, -0.1) is 0 Å². The third kappa shape index (κ3) is 4.87. The van der Waals surface area contributed by atoms with Crippen LogP contribution in [-0.4, -0.2) is 30.0 Å². The number of H-pyrrole nitrogens is 1. The third-order valence-electron chi connectivity index (χ3n) is 5.02. The molecular weight excluding hydrogens is 486 g/mol. The number of halogens is 3. The van der Waals surface area contributed by atoms with Crippen molar-refractivity contribution in [3.8, 4) is 11.1 Å². The van der Waals surface area contributed by atoms with E-state index in [-0.39, 0.29) is 11.3 Å². The molecule has 0 radical (unpaired) electrons. The minimum absolute atomic E-state index is 0.106. The SMILES string of the molecule is CCCS(=O)(=O)Nc1ccc(F)c(NC(=O)c2c[nH]c3ncc(-c4ccc(Cl)cc4)cc23)c1F. The smallest absolute Gasteiger partial charge is 0.258 e. The lowest BCUT2D eigenvalue weighted by Gasteiger charge is -2.13. The van der Waals surface area contributed by atoms with Crippen LogP contribution in [0.1, 0.15) is 23.7 Å². The van der Waals surface area contributed by atoms with Crippen LogP contribution in [0.4, 0.5) is 20.2 Å². The Kier molecular flexibility index (Phi) is 6.54. The van der Waals surface area contributed by atoms with Gasteiger partial charge in [-0.1, -0.05) is 30.7 Å². The van der Waals surface area contributed by atoms with Gasteiger partial charge in [0.05, 0.1) is 17.0 Å². The molecule has 0 spiro atoms.